The Kier molecular flexibility index (Phi) is 9.85. The molecule has 0 radical (unpaired) electrons. The molecule has 0 aliphatic heterocycles. The van der Waals surface area contributed by atoms with Crippen LogP contribution in [0.25, 0.3) is 73.5 Å². The fourth-order valence-electron chi connectivity index (χ4n) is 6.63. The molecule has 1 atom stereocenters. The Hall–Kier alpha value is -7.11. The van der Waals surface area contributed by atoms with E-state index in [1.54, 1.807) is 6.08 Å². The van der Waals surface area contributed by atoms with E-state index in [-0.39, 0.29) is 5.92 Å². The summed E-state index contributed by atoms with van der Waals surface area (Å²) in [5.41, 5.74) is 10.8. The first-order valence-corrected chi connectivity index (χ1v) is 18.0. The first-order chi connectivity index (χ1) is 26.7. The minimum atomic E-state index is 0.172. The summed E-state index contributed by atoms with van der Waals surface area (Å²) >= 11 is 0. The maximum absolute atomic E-state index is 5.11. The second kappa shape index (κ2) is 15.6. The zero-order chi connectivity index (χ0) is 36.7. The average molecular weight is 696 g/mol. The average Bonchev–Trinajstić information content (AvgIpc) is 3.26. The summed E-state index contributed by atoms with van der Waals surface area (Å²) in [6, 6.07) is 47.4. The second-order valence-electron chi connectivity index (χ2n) is 13.0. The van der Waals surface area contributed by atoms with Gasteiger partial charge in [-0.15, -0.1) is 0 Å². The van der Waals surface area contributed by atoms with Crippen LogP contribution in [0.4, 0.5) is 0 Å². The number of benzene rings is 5. The van der Waals surface area contributed by atoms with Crippen LogP contribution in [0.1, 0.15) is 23.6 Å². The van der Waals surface area contributed by atoms with Gasteiger partial charge < -0.3 is 0 Å². The van der Waals surface area contributed by atoms with E-state index in [9.17, 15) is 0 Å². The van der Waals surface area contributed by atoms with Gasteiger partial charge in [-0.25, -0.2) is 24.9 Å². The van der Waals surface area contributed by atoms with Crippen molar-refractivity contribution in [2.24, 2.45) is 0 Å². The lowest BCUT2D eigenvalue weighted by Gasteiger charge is -2.16. The van der Waals surface area contributed by atoms with E-state index in [4.69, 9.17) is 24.9 Å². The van der Waals surface area contributed by atoms with Crippen molar-refractivity contribution in [3.05, 3.63) is 206 Å². The van der Waals surface area contributed by atoms with Gasteiger partial charge in [-0.1, -0.05) is 189 Å². The molecule has 0 fully saturated rings. The van der Waals surface area contributed by atoms with Gasteiger partial charge in [-0.3, -0.25) is 0 Å². The lowest BCUT2D eigenvalue weighted by molar-refractivity contribution is 0.811. The van der Waals surface area contributed by atoms with Gasteiger partial charge >= 0.3 is 0 Å². The van der Waals surface area contributed by atoms with Crippen molar-refractivity contribution in [3.8, 4) is 67.9 Å². The van der Waals surface area contributed by atoms with Crippen molar-refractivity contribution in [1.82, 2.24) is 24.9 Å². The summed E-state index contributed by atoms with van der Waals surface area (Å²) in [6.45, 7) is 7.80. The Balaban J connectivity index is 1.18. The molecule has 5 heteroatoms. The molecule has 54 heavy (non-hydrogen) atoms. The molecule has 0 amide bonds. The predicted molar refractivity (Wildman–Crippen MR) is 222 cm³/mol. The number of aromatic nitrogens is 5. The van der Waals surface area contributed by atoms with E-state index in [2.05, 4.69) is 110 Å². The van der Waals surface area contributed by atoms with Crippen molar-refractivity contribution < 1.29 is 0 Å². The van der Waals surface area contributed by atoms with Gasteiger partial charge in [0.05, 0.1) is 11.4 Å². The van der Waals surface area contributed by atoms with E-state index in [1.807, 2.05) is 78.9 Å². The Morgan fingerprint density at radius 1 is 0.519 bits per heavy atom. The van der Waals surface area contributed by atoms with Crippen molar-refractivity contribution in [3.63, 3.8) is 0 Å². The largest absolute Gasteiger partial charge is 0.232 e. The van der Waals surface area contributed by atoms with Crippen LogP contribution in [0.5, 0.6) is 0 Å². The first-order valence-electron chi connectivity index (χ1n) is 18.0. The van der Waals surface area contributed by atoms with Crippen molar-refractivity contribution in [2.75, 3.05) is 0 Å². The standard InChI is InChI=1S/C49H37N5/c1-3-16-34(4-2)35-25-31-41(32-26-35)46-50-44(37-17-8-5-9-18-37)33-45(51-46)38-29-27-36(28-30-38)42-23-14-15-24-43(42)49-53-47(39-19-10-6-11-20-39)52-48(54-49)40-21-12-7-13-22-40/h3-17,19-33,37H,1-2,18H2/b34-16+. The minimum Gasteiger partial charge on any atom is -0.232 e. The van der Waals surface area contributed by atoms with Crippen LogP contribution in [0.2, 0.25) is 0 Å². The molecule has 2 aromatic heterocycles. The topological polar surface area (TPSA) is 64.5 Å². The highest BCUT2D eigenvalue weighted by Gasteiger charge is 2.18. The smallest absolute Gasteiger partial charge is 0.164 e. The van der Waals surface area contributed by atoms with E-state index >= 15 is 0 Å². The SMILES string of the molecule is C=C/C=C(\C=C)c1ccc(-c2nc(-c3ccc(-c4ccccc4-c4nc(-c5ccccc5)nc(-c5ccccc5)n4)cc3)cc(C3C=CC=CC3)n2)cc1. The molecule has 0 saturated carbocycles. The molecule has 1 aliphatic rings. The minimum absolute atomic E-state index is 0.172. The third kappa shape index (κ3) is 7.29. The Bertz CT molecular complexity index is 2470. The molecule has 2 heterocycles. The van der Waals surface area contributed by atoms with Crippen LogP contribution in [-0.4, -0.2) is 24.9 Å². The fraction of sp³-hybridized carbons (Fsp3) is 0.0408. The normalized spacial score (nSPS) is 13.8. The molecule has 7 aromatic rings. The molecule has 1 unspecified atom stereocenters. The highest BCUT2D eigenvalue weighted by Crippen LogP contribution is 2.35. The van der Waals surface area contributed by atoms with Crippen molar-refractivity contribution in [2.45, 2.75) is 12.3 Å². The summed E-state index contributed by atoms with van der Waals surface area (Å²) in [4.78, 5) is 25.1. The first kappa shape index (κ1) is 34.0. The third-order valence-electron chi connectivity index (χ3n) is 9.46. The van der Waals surface area contributed by atoms with Gasteiger partial charge in [0.15, 0.2) is 23.3 Å². The highest BCUT2D eigenvalue weighted by atomic mass is 15.0. The zero-order valence-corrected chi connectivity index (χ0v) is 29.8. The van der Waals surface area contributed by atoms with E-state index in [0.717, 1.165) is 67.9 Å². The Morgan fingerprint density at radius 3 is 1.69 bits per heavy atom. The van der Waals surface area contributed by atoms with Gasteiger partial charge in [0.2, 0.25) is 0 Å². The maximum Gasteiger partial charge on any atom is 0.164 e. The van der Waals surface area contributed by atoms with Crippen LogP contribution in [-0.2, 0) is 0 Å². The fourth-order valence-corrected chi connectivity index (χ4v) is 6.63. The highest BCUT2D eigenvalue weighted by molar-refractivity contribution is 5.83. The number of allylic oxidation sites excluding steroid dienone is 8. The molecule has 0 spiro atoms. The summed E-state index contributed by atoms with van der Waals surface area (Å²) < 4.78 is 0. The van der Waals surface area contributed by atoms with Gasteiger partial charge in [-0.05, 0) is 34.8 Å². The number of nitrogens with zero attached hydrogens (tertiary/aromatic N) is 5. The summed E-state index contributed by atoms with van der Waals surface area (Å²) in [6.07, 6.45) is 15.0. The van der Waals surface area contributed by atoms with Crippen LogP contribution in [0, 0.1) is 0 Å². The number of hydrogen-bond donors (Lipinski definition) is 0. The number of rotatable bonds is 10. The Morgan fingerprint density at radius 2 is 1.07 bits per heavy atom. The summed E-state index contributed by atoms with van der Waals surface area (Å²) in [5.74, 6) is 2.75. The quantitative estimate of drug-likeness (QED) is 0.133. The molecular weight excluding hydrogens is 659 g/mol. The molecule has 8 rings (SSSR count). The van der Waals surface area contributed by atoms with Crippen molar-refractivity contribution >= 4 is 5.57 Å². The van der Waals surface area contributed by atoms with E-state index in [0.29, 0.717) is 23.3 Å². The van der Waals surface area contributed by atoms with Crippen LogP contribution in [0.3, 0.4) is 0 Å². The monoisotopic (exact) mass is 695 g/mol. The van der Waals surface area contributed by atoms with Crippen molar-refractivity contribution in [1.29, 1.82) is 0 Å². The van der Waals surface area contributed by atoms with Gasteiger partial charge in [-0.2, -0.15) is 0 Å². The number of hydrogen-bond acceptors (Lipinski definition) is 5. The molecule has 0 N–H and O–H groups in total. The lowest BCUT2D eigenvalue weighted by Crippen LogP contribution is -2.04. The van der Waals surface area contributed by atoms with Crippen LogP contribution >= 0.6 is 0 Å². The summed E-state index contributed by atoms with van der Waals surface area (Å²) in [5, 5.41) is 0. The van der Waals surface area contributed by atoms with Gasteiger partial charge in [0.25, 0.3) is 0 Å². The van der Waals surface area contributed by atoms with Crippen LogP contribution in [0.15, 0.2) is 195 Å². The molecule has 5 aromatic carbocycles. The molecule has 5 nitrogen and oxygen atoms in total. The molecule has 0 bridgehead atoms. The van der Waals surface area contributed by atoms with E-state index < -0.39 is 0 Å². The molecule has 258 valence electrons. The second-order valence-corrected chi connectivity index (χ2v) is 13.0. The molecular formula is C49H37N5. The molecule has 1 aliphatic carbocycles. The van der Waals surface area contributed by atoms with Gasteiger partial charge in [0.1, 0.15) is 0 Å². The lowest BCUT2D eigenvalue weighted by atomic mass is 9.94. The van der Waals surface area contributed by atoms with E-state index in [1.165, 1.54) is 0 Å². The third-order valence-corrected chi connectivity index (χ3v) is 9.46. The predicted octanol–water partition coefficient (Wildman–Crippen LogP) is 12.0. The maximum atomic E-state index is 5.11. The zero-order valence-electron chi connectivity index (χ0n) is 29.8. The Labute approximate surface area is 316 Å². The van der Waals surface area contributed by atoms with Gasteiger partial charge in [0, 0.05) is 33.7 Å². The summed E-state index contributed by atoms with van der Waals surface area (Å²) in [7, 11) is 0. The molecule has 0 saturated heterocycles. The van der Waals surface area contributed by atoms with Crippen LogP contribution < -0.4 is 0 Å².